The predicted molar refractivity (Wildman–Crippen MR) is 58.9 cm³/mol. The highest BCUT2D eigenvalue weighted by molar-refractivity contribution is 9.10. The summed E-state index contributed by atoms with van der Waals surface area (Å²) >= 11 is 3.37. The molecular weight excluding hydrogens is 244 g/mol. The molecule has 72 valence electrons. The van der Waals surface area contributed by atoms with E-state index in [1.54, 1.807) is 0 Å². The van der Waals surface area contributed by atoms with Gasteiger partial charge >= 0.3 is 0 Å². The molecule has 0 aromatic heterocycles. The third-order valence-electron chi connectivity index (χ3n) is 2.11. The van der Waals surface area contributed by atoms with Crippen LogP contribution in [0, 0.1) is 0 Å². The quantitative estimate of drug-likeness (QED) is 0.780. The third-order valence-corrected chi connectivity index (χ3v) is 2.61. The molecule has 1 N–H and O–H groups in total. The van der Waals surface area contributed by atoms with Crippen molar-refractivity contribution < 1.29 is 4.79 Å². The van der Waals surface area contributed by atoms with Crippen LogP contribution in [0.5, 0.6) is 0 Å². The molecule has 4 heteroatoms. The van der Waals surface area contributed by atoms with Gasteiger partial charge in [-0.25, -0.2) is 4.99 Å². The van der Waals surface area contributed by atoms with Crippen molar-refractivity contribution in [2.75, 3.05) is 0 Å². The van der Waals surface area contributed by atoms with Crippen molar-refractivity contribution in [3.63, 3.8) is 0 Å². The number of rotatable bonds is 1. The number of aliphatic imine (C=N–C) groups is 1. The molecule has 2 rings (SSSR count). The molecule has 1 unspecified atom stereocenters. The van der Waals surface area contributed by atoms with Gasteiger partial charge in [0.25, 0.3) is 0 Å². The van der Waals surface area contributed by atoms with Crippen LogP contribution in [0.2, 0.25) is 0 Å². The van der Waals surface area contributed by atoms with E-state index in [1.165, 1.54) is 0 Å². The lowest BCUT2D eigenvalue weighted by atomic mass is 10.0. The van der Waals surface area contributed by atoms with E-state index in [0.29, 0.717) is 0 Å². The van der Waals surface area contributed by atoms with Crippen molar-refractivity contribution >= 4 is 33.7 Å². The van der Waals surface area contributed by atoms with Gasteiger partial charge in [0, 0.05) is 10.0 Å². The van der Waals surface area contributed by atoms with Crippen molar-refractivity contribution in [1.82, 2.24) is 5.32 Å². The Bertz CT molecular complexity index is 415. The van der Waals surface area contributed by atoms with Crippen molar-refractivity contribution in [1.29, 1.82) is 0 Å². The number of halogens is 1. The van der Waals surface area contributed by atoms with Crippen LogP contribution in [0.15, 0.2) is 27.7 Å². The zero-order valence-corrected chi connectivity index (χ0v) is 9.21. The molecule has 0 aliphatic carbocycles. The van der Waals surface area contributed by atoms with E-state index in [2.05, 4.69) is 26.2 Å². The summed E-state index contributed by atoms with van der Waals surface area (Å²) in [4.78, 5) is 15.2. The Morgan fingerprint density at radius 3 is 3.07 bits per heavy atom. The Morgan fingerprint density at radius 2 is 2.36 bits per heavy atom. The molecule has 0 spiro atoms. The molecule has 1 heterocycles. The van der Waals surface area contributed by atoms with Crippen LogP contribution >= 0.6 is 15.9 Å². The summed E-state index contributed by atoms with van der Waals surface area (Å²) in [5.74, 6) is 0.775. The van der Waals surface area contributed by atoms with E-state index in [4.69, 9.17) is 0 Å². The maximum absolute atomic E-state index is 10.8. The molecule has 1 atom stereocenters. The maximum atomic E-state index is 10.8. The fourth-order valence-electron chi connectivity index (χ4n) is 1.50. The molecule has 0 saturated heterocycles. The highest BCUT2D eigenvalue weighted by Crippen LogP contribution is 2.30. The standard InChI is InChI=1S/C10H9BrN2O/c1-6-12-9-3-2-7(11)4-8(9)10(5-14)13-6/h2-5,10H,1H3,(H,12,13). The van der Waals surface area contributed by atoms with Crippen molar-refractivity contribution in [2.45, 2.75) is 13.0 Å². The van der Waals surface area contributed by atoms with Gasteiger partial charge in [0.05, 0.1) is 11.5 Å². The van der Waals surface area contributed by atoms with Crippen molar-refractivity contribution in [3.8, 4) is 0 Å². The largest absolute Gasteiger partial charge is 0.360 e. The number of aldehydes is 1. The highest BCUT2D eigenvalue weighted by atomic mass is 79.9. The number of carbonyl (C=O) groups excluding carboxylic acids is 1. The summed E-state index contributed by atoms with van der Waals surface area (Å²) in [6.45, 7) is 1.85. The van der Waals surface area contributed by atoms with Gasteiger partial charge in [0.15, 0.2) is 0 Å². The zero-order chi connectivity index (χ0) is 10.1. The Balaban J connectivity index is 2.57. The fraction of sp³-hybridized carbons (Fsp3) is 0.200. The van der Waals surface area contributed by atoms with Gasteiger partial charge in [-0.2, -0.15) is 0 Å². The lowest BCUT2D eigenvalue weighted by molar-refractivity contribution is -0.109. The van der Waals surface area contributed by atoms with Crippen LogP contribution in [0.25, 0.3) is 0 Å². The van der Waals surface area contributed by atoms with E-state index >= 15 is 0 Å². The minimum atomic E-state index is -0.278. The second-order valence-electron chi connectivity index (χ2n) is 3.16. The lowest BCUT2D eigenvalue weighted by Crippen LogP contribution is -2.30. The third kappa shape index (κ3) is 1.57. The summed E-state index contributed by atoms with van der Waals surface area (Å²) in [7, 11) is 0. The average molecular weight is 253 g/mol. The molecule has 1 aliphatic rings. The minimum Gasteiger partial charge on any atom is -0.360 e. The Hall–Kier alpha value is -1.16. The fourth-order valence-corrected chi connectivity index (χ4v) is 1.88. The van der Waals surface area contributed by atoms with Crippen molar-refractivity contribution in [2.24, 2.45) is 4.99 Å². The van der Waals surface area contributed by atoms with Gasteiger partial charge in [0.2, 0.25) is 0 Å². The topological polar surface area (TPSA) is 41.5 Å². The summed E-state index contributed by atoms with van der Waals surface area (Å²) in [5.41, 5.74) is 1.78. The number of carbonyl (C=O) groups is 1. The Morgan fingerprint density at radius 1 is 1.57 bits per heavy atom. The number of benzene rings is 1. The van der Waals surface area contributed by atoms with Gasteiger partial charge in [-0.3, -0.25) is 0 Å². The molecule has 0 fully saturated rings. The van der Waals surface area contributed by atoms with E-state index in [1.807, 2.05) is 25.1 Å². The average Bonchev–Trinajstić information content (AvgIpc) is 2.17. The number of hydrogen-bond acceptors (Lipinski definition) is 3. The monoisotopic (exact) mass is 252 g/mol. The molecule has 14 heavy (non-hydrogen) atoms. The van der Waals surface area contributed by atoms with Crippen LogP contribution in [0.4, 0.5) is 5.69 Å². The second kappa shape index (κ2) is 3.53. The maximum Gasteiger partial charge on any atom is 0.146 e. The molecule has 0 bridgehead atoms. The molecule has 3 nitrogen and oxygen atoms in total. The number of nitrogens with one attached hydrogen (secondary N) is 1. The highest BCUT2D eigenvalue weighted by Gasteiger charge is 2.19. The van der Waals surface area contributed by atoms with Crippen LogP contribution < -0.4 is 5.32 Å². The number of amidine groups is 1. The van der Waals surface area contributed by atoms with E-state index in [-0.39, 0.29) is 6.04 Å². The summed E-state index contributed by atoms with van der Waals surface area (Å²) in [6, 6.07) is 5.46. The molecule has 0 amide bonds. The first-order chi connectivity index (χ1) is 6.70. The number of fused-ring (bicyclic) bond motifs is 1. The van der Waals surface area contributed by atoms with Crippen LogP contribution in [-0.2, 0) is 4.79 Å². The normalized spacial score (nSPS) is 19.3. The smallest absolute Gasteiger partial charge is 0.146 e. The van der Waals surface area contributed by atoms with E-state index < -0.39 is 0 Å². The number of nitrogens with zero attached hydrogens (tertiary/aromatic N) is 1. The number of hydrogen-bond donors (Lipinski definition) is 1. The second-order valence-corrected chi connectivity index (χ2v) is 4.07. The van der Waals surface area contributed by atoms with Crippen LogP contribution in [0.3, 0.4) is 0 Å². The van der Waals surface area contributed by atoms with Crippen molar-refractivity contribution in [3.05, 3.63) is 28.2 Å². The molecule has 1 aromatic rings. The van der Waals surface area contributed by atoms with Gasteiger partial charge in [-0.1, -0.05) is 15.9 Å². The van der Waals surface area contributed by atoms with Gasteiger partial charge in [0.1, 0.15) is 12.3 Å². The predicted octanol–water partition coefficient (Wildman–Crippen LogP) is 2.34. The summed E-state index contributed by atoms with van der Waals surface area (Å²) < 4.78 is 0.958. The molecule has 1 aliphatic heterocycles. The Labute approximate surface area is 90.4 Å². The summed E-state index contributed by atoms with van der Waals surface area (Å²) in [5, 5.41) is 3.01. The van der Waals surface area contributed by atoms with Gasteiger partial charge in [-0.15, -0.1) is 0 Å². The summed E-state index contributed by atoms with van der Waals surface area (Å²) in [6.07, 6.45) is 0.892. The first-order valence-electron chi connectivity index (χ1n) is 4.27. The molecule has 0 saturated carbocycles. The molecule has 0 radical (unpaired) electrons. The minimum absolute atomic E-state index is 0.278. The molecular formula is C10H9BrN2O. The van der Waals surface area contributed by atoms with Gasteiger partial charge < -0.3 is 10.1 Å². The first kappa shape index (κ1) is 9.40. The lowest BCUT2D eigenvalue weighted by Gasteiger charge is -2.21. The Kier molecular flexibility index (Phi) is 2.37. The van der Waals surface area contributed by atoms with Crippen LogP contribution in [0.1, 0.15) is 18.5 Å². The van der Waals surface area contributed by atoms with Crippen LogP contribution in [-0.4, -0.2) is 12.1 Å². The van der Waals surface area contributed by atoms with Gasteiger partial charge in [-0.05, 0) is 25.1 Å². The SMILES string of the molecule is CC1=Nc2ccc(Br)cc2C(C=O)N1. The first-order valence-corrected chi connectivity index (χ1v) is 5.06. The van der Waals surface area contributed by atoms with E-state index in [0.717, 1.165) is 27.8 Å². The molecule has 1 aromatic carbocycles. The van der Waals surface area contributed by atoms with E-state index in [9.17, 15) is 4.79 Å². The zero-order valence-electron chi connectivity index (χ0n) is 7.62.